The molecular formula is C16H27ClN2. The molecule has 0 saturated carbocycles. The number of halogens is 1. The second kappa shape index (κ2) is 7.76. The van der Waals surface area contributed by atoms with Crippen LogP contribution in [0.2, 0.25) is 5.02 Å². The largest absolute Gasteiger partial charge is 0.371 e. The number of anilines is 1. The molecule has 0 radical (unpaired) electrons. The molecule has 2 atom stereocenters. The van der Waals surface area contributed by atoms with Crippen LogP contribution in [-0.2, 0) is 6.42 Å². The van der Waals surface area contributed by atoms with Crippen LogP contribution < -0.4 is 10.6 Å². The first kappa shape index (κ1) is 16.3. The summed E-state index contributed by atoms with van der Waals surface area (Å²) in [6, 6.07) is 6.31. The van der Waals surface area contributed by atoms with Gasteiger partial charge in [-0.05, 0) is 43.9 Å². The summed E-state index contributed by atoms with van der Waals surface area (Å²) >= 11 is 6.17. The van der Waals surface area contributed by atoms with Crippen LogP contribution >= 0.6 is 11.6 Å². The monoisotopic (exact) mass is 282 g/mol. The Labute approximate surface area is 122 Å². The third-order valence-corrected chi connectivity index (χ3v) is 3.78. The lowest BCUT2D eigenvalue weighted by molar-refractivity contribution is 0.546. The molecule has 0 aliphatic heterocycles. The van der Waals surface area contributed by atoms with Crippen molar-refractivity contribution in [1.29, 1.82) is 0 Å². The van der Waals surface area contributed by atoms with Crippen LogP contribution in [0.3, 0.4) is 0 Å². The minimum Gasteiger partial charge on any atom is -0.371 e. The highest BCUT2D eigenvalue weighted by atomic mass is 35.5. The molecule has 0 bridgehead atoms. The van der Waals surface area contributed by atoms with Crippen LogP contribution in [0.1, 0.15) is 39.7 Å². The maximum Gasteiger partial charge on any atom is 0.0426 e. The number of nitrogens with two attached hydrogens (primary N) is 1. The molecule has 0 aromatic heterocycles. The molecule has 1 rings (SSSR count). The smallest absolute Gasteiger partial charge is 0.0426 e. The van der Waals surface area contributed by atoms with Crippen molar-refractivity contribution in [3.05, 3.63) is 28.8 Å². The second-order valence-electron chi connectivity index (χ2n) is 5.51. The van der Waals surface area contributed by atoms with E-state index in [9.17, 15) is 0 Å². The van der Waals surface area contributed by atoms with Crippen LogP contribution in [-0.4, -0.2) is 19.1 Å². The standard InChI is InChI=1S/C16H27ClN2/c1-5-12(3)11-19(6-2)16-10-15(17)8-7-14(16)9-13(4)18/h7-8,10,12-13H,5-6,9,11,18H2,1-4H3. The predicted octanol–water partition coefficient (Wildman–Crippen LogP) is 4.10. The Hall–Kier alpha value is -0.730. The Morgan fingerprint density at radius 2 is 1.95 bits per heavy atom. The van der Waals surface area contributed by atoms with Gasteiger partial charge in [-0.15, -0.1) is 0 Å². The molecule has 3 heteroatoms. The summed E-state index contributed by atoms with van der Waals surface area (Å²) in [6.07, 6.45) is 2.09. The highest BCUT2D eigenvalue weighted by Crippen LogP contribution is 2.27. The summed E-state index contributed by atoms with van der Waals surface area (Å²) in [4.78, 5) is 2.41. The third-order valence-electron chi connectivity index (χ3n) is 3.54. The average molecular weight is 283 g/mol. The second-order valence-corrected chi connectivity index (χ2v) is 5.94. The van der Waals surface area contributed by atoms with Crippen molar-refractivity contribution in [1.82, 2.24) is 0 Å². The molecule has 0 spiro atoms. The van der Waals surface area contributed by atoms with Gasteiger partial charge < -0.3 is 10.6 Å². The summed E-state index contributed by atoms with van der Waals surface area (Å²) in [5, 5.41) is 0.797. The van der Waals surface area contributed by atoms with E-state index in [-0.39, 0.29) is 6.04 Å². The van der Waals surface area contributed by atoms with Crippen LogP contribution in [0.15, 0.2) is 18.2 Å². The molecule has 1 aromatic rings. The maximum absolute atomic E-state index is 6.17. The fourth-order valence-electron chi connectivity index (χ4n) is 2.25. The Morgan fingerprint density at radius 3 is 2.47 bits per heavy atom. The molecule has 19 heavy (non-hydrogen) atoms. The average Bonchev–Trinajstić information content (AvgIpc) is 2.37. The lowest BCUT2D eigenvalue weighted by Crippen LogP contribution is -2.30. The SMILES string of the molecule is CCC(C)CN(CC)c1cc(Cl)ccc1CC(C)N. The highest BCUT2D eigenvalue weighted by molar-refractivity contribution is 6.30. The van der Waals surface area contributed by atoms with E-state index in [2.05, 4.69) is 37.8 Å². The Morgan fingerprint density at radius 1 is 1.26 bits per heavy atom. The van der Waals surface area contributed by atoms with Crippen LogP contribution in [0.4, 0.5) is 5.69 Å². The van der Waals surface area contributed by atoms with Crippen LogP contribution in [0.25, 0.3) is 0 Å². The molecule has 2 nitrogen and oxygen atoms in total. The van der Waals surface area contributed by atoms with Crippen LogP contribution in [0, 0.1) is 5.92 Å². The van der Waals surface area contributed by atoms with E-state index in [1.807, 2.05) is 13.0 Å². The molecule has 2 unspecified atom stereocenters. The Bertz CT molecular complexity index is 390. The predicted molar refractivity (Wildman–Crippen MR) is 86.1 cm³/mol. The van der Waals surface area contributed by atoms with E-state index >= 15 is 0 Å². The van der Waals surface area contributed by atoms with Gasteiger partial charge in [0.1, 0.15) is 0 Å². The molecule has 0 aliphatic carbocycles. The van der Waals surface area contributed by atoms with Crippen molar-refractivity contribution < 1.29 is 0 Å². The van der Waals surface area contributed by atoms with Crippen molar-refractivity contribution in [2.24, 2.45) is 11.7 Å². The number of nitrogens with zero attached hydrogens (tertiary/aromatic N) is 1. The first-order chi connectivity index (χ1) is 8.97. The van der Waals surface area contributed by atoms with Crippen molar-refractivity contribution in [2.45, 2.75) is 46.6 Å². The molecule has 108 valence electrons. The van der Waals surface area contributed by atoms with Gasteiger partial charge in [-0.25, -0.2) is 0 Å². The van der Waals surface area contributed by atoms with E-state index in [4.69, 9.17) is 17.3 Å². The van der Waals surface area contributed by atoms with Crippen LogP contribution in [0.5, 0.6) is 0 Å². The van der Waals surface area contributed by atoms with E-state index < -0.39 is 0 Å². The van der Waals surface area contributed by atoms with E-state index in [1.54, 1.807) is 0 Å². The van der Waals surface area contributed by atoms with Gasteiger partial charge in [0.05, 0.1) is 0 Å². The third kappa shape index (κ3) is 5.04. The quantitative estimate of drug-likeness (QED) is 0.816. The van der Waals surface area contributed by atoms with Gasteiger partial charge in [0.25, 0.3) is 0 Å². The lowest BCUT2D eigenvalue weighted by atomic mass is 10.0. The molecule has 0 saturated heterocycles. The number of hydrogen-bond donors (Lipinski definition) is 1. The first-order valence-corrected chi connectivity index (χ1v) is 7.64. The zero-order valence-corrected chi connectivity index (χ0v) is 13.4. The molecule has 0 aliphatic rings. The molecule has 1 aromatic carbocycles. The maximum atomic E-state index is 6.17. The topological polar surface area (TPSA) is 29.3 Å². The Balaban J connectivity index is 3.02. The first-order valence-electron chi connectivity index (χ1n) is 7.26. The van der Waals surface area contributed by atoms with Gasteiger partial charge in [0.2, 0.25) is 0 Å². The van der Waals surface area contributed by atoms with Crippen molar-refractivity contribution in [3.8, 4) is 0 Å². The molecule has 0 fully saturated rings. The fraction of sp³-hybridized carbons (Fsp3) is 0.625. The summed E-state index contributed by atoms with van der Waals surface area (Å²) in [7, 11) is 0. The number of rotatable bonds is 7. The number of benzene rings is 1. The lowest BCUT2D eigenvalue weighted by Gasteiger charge is -2.29. The van der Waals surface area contributed by atoms with E-state index in [1.165, 1.54) is 17.7 Å². The number of hydrogen-bond acceptors (Lipinski definition) is 2. The van der Waals surface area contributed by atoms with Gasteiger partial charge in [-0.1, -0.05) is 37.9 Å². The van der Waals surface area contributed by atoms with E-state index in [0.29, 0.717) is 5.92 Å². The highest BCUT2D eigenvalue weighted by Gasteiger charge is 2.14. The Kier molecular flexibility index (Phi) is 6.67. The fourth-order valence-corrected chi connectivity index (χ4v) is 2.42. The van der Waals surface area contributed by atoms with Gasteiger partial charge in [-0.3, -0.25) is 0 Å². The van der Waals surface area contributed by atoms with Crippen molar-refractivity contribution >= 4 is 17.3 Å². The van der Waals surface area contributed by atoms with E-state index in [0.717, 1.165) is 24.5 Å². The normalized spacial score (nSPS) is 14.2. The summed E-state index contributed by atoms with van der Waals surface area (Å²) in [5.41, 5.74) is 8.49. The molecule has 2 N–H and O–H groups in total. The molecule has 0 amide bonds. The minimum atomic E-state index is 0.169. The van der Waals surface area contributed by atoms with Gasteiger partial charge >= 0.3 is 0 Å². The summed E-state index contributed by atoms with van der Waals surface area (Å²) in [6.45, 7) is 10.8. The minimum absolute atomic E-state index is 0.169. The van der Waals surface area contributed by atoms with Gasteiger partial charge in [0, 0.05) is 29.8 Å². The molecule has 0 heterocycles. The van der Waals surface area contributed by atoms with Gasteiger partial charge in [0.15, 0.2) is 0 Å². The van der Waals surface area contributed by atoms with Crippen molar-refractivity contribution in [2.75, 3.05) is 18.0 Å². The zero-order valence-electron chi connectivity index (χ0n) is 12.6. The summed E-state index contributed by atoms with van der Waals surface area (Å²) in [5.74, 6) is 0.682. The zero-order chi connectivity index (χ0) is 14.4. The van der Waals surface area contributed by atoms with Crippen molar-refractivity contribution in [3.63, 3.8) is 0 Å². The van der Waals surface area contributed by atoms with Gasteiger partial charge in [-0.2, -0.15) is 0 Å². The summed E-state index contributed by atoms with van der Waals surface area (Å²) < 4.78 is 0. The molecular weight excluding hydrogens is 256 g/mol.